The van der Waals surface area contributed by atoms with Crippen LogP contribution < -0.4 is 5.43 Å². The van der Waals surface area contributed by atoms with Crippen LogP contribution in [0.15, 0.2) is 5.10 Å². The highest BCUT2D eigenvalue weighted by molar-refractivity contribution is 5.84. The van der Waals surface area contributed by atoms with Crippen molar-refractivity contribution < 1.29 is 8.78 Å². The van der Waals surface area contributed by atoms with Gasteiger partial charge in [0, 0.05) is 5.71 Å². The fourth-order valence-electron chi connectivity index (χ4n) is 1.30. The van der Waals surface area contributed by atoms with Gasteiger partial charge in [-0.25, -0.2) is 8.78 Å². The van der Waals surface area contributed by atoms with E-state index in [1.54, 1.807) is 0 Å². The van der Waals surface area contributed by atoms with Gasteiger partial charge in [-0.15, -0.1) is 0 Å². The number of hydrogen-bond donors (Lipinski definition) is 1. The van der Waals surface area contributed by atoms with E-state index < -0.39 is 6.43 Å². The second-order valence-corrected chi connectivity index (χ2v) is 2.99. The Balaban J connectivity index is 2.16. The van der Waals surface area contributed by atoms with Crippen molar-refractivity contribution in [3.05, 3.63) is 0 Å². The summed E-state index contributed by atoms with van der Waals surface area (Å²) in [6, 6.07) is 0. The second kappa shape index (κ2) is 5.06. The summed E-state index contributed by atoms with van der Waals surface area (Å²) in [5, 5.41) is 3.91. The summed E-state index contributed by atoms with van der Waals surface area (Å²) in [7, 11) is 0. The number of nitrogens with one attached hydrogen (secondary N) is 1. The monoisotopic (exact) mass is 176 g/mol. The lowest BCUT2D eigenvalue weighted by molar-refractivity contribution is 0.146. The lowest BCUT2D eigenvalue weighted by Gasteiger charge is -2.12. The summed E-state index contributed by atoms with van der Waals surface area (Å²) < 4.78 is 23.3. The largest absolute Gasteiger partial charge is 0.304 e. The summed E-state index contributed by atoms with van der Waals surface area (Å²) in [6.07, 6.45) is 3.17. The number of rotatable bonds is 3. The molecular weight excluding hydrogens is 162 g/mol. The van der Waals surface area contributed by atoms with Crippen LogP contribution in [0, 0.1) is 0 Å². The molecule has 0 heterocycles. The van der Waals surface area contributed by atoms with Gasteiger partial charge in [-0.2, -0.15) is 5.10 Å². The Hall–Kier alpha value is -0.670. The smallest absolute Gasteiger partial charge is 0.257 e. The molecule has 0 aromatic rings. The van der Waals surface area contributed by atoms with Crippen molar-refractivity contribution in [2.24, 2.45) is 5.10 Å². The zero-order valence-corrected chi connectivity index (χ0v) is 7.02. The highest BCUT2D eigenvalue weighted by Crippen LogP contribution is 2.14. The van der Waals surface area contributed by atoms with Crippen LogP contribution in [0.3, 0.4) is 0 Å². The molecule has 1 fully saturated rings. The van der Waals surface area contributed by atoms with Gasteiger partial charge in [-0.3, -0.25) is 0 Å². The normalized spacial score (nSPS) is 18.1. The average Bonchev–Trinajstić information content (AvgIpc) is 2.05. The molecule has 0 atom stereocenters. The Bertz CT molecular complexity index is 149. The van der Waals surface area contributed by atoms with Gasteiger partial charge in [0.05, 0.1) is 6.54 Å². The number of alkyl halides is 2. The molecule has 12 heavy (non-hydrogen) atoms. The van der Waals surface area contributed by atoms with E-state index in [9.17, 15) is 8.78 Å². The van der Waals surface area contributed by atoms with Crippen LogP contribution in [-0.4, -0.2) is 18.7 Å². The number of halogens is 2. The molecular formula is C8H14F2N2. The van der Waals surface area contributed by atoms with Crippen molar-refractivity contribution in [1.29, 1.82) is 0 Å². The molecule has 0 unspecified atom stereocenters. The molecule has 1 saturated carbocycles. The minimum Gasteiger partial charge on any atom is -0.304 e. The maximum absolute atomic E-state index is 11.7. The zero-order chi connectivity index (χ0) is 8.81. The second-order valence-electron chi connectivity index (χ2n) is 2.99. The van der Waals surface area contributed by atoms with Crippen LogP contribution in [0.25, 0.3) is 0 Å². The van der Waals surface area contributed by atoms with Gasteiger partial charge in [0.1, 0.15) is 0 Å². The number of nitrogens with zero attached hydrogens (tertiary/aromatic N) is 1. The summed E-state index contributed by atoms with van der Waals surface area (Å²) >= 11 is 0. The van der Waals surface area contributed by atoms with E-state index in [1.165, 1.54) is 6.42 Å². The maximum Gasteiger partial charge on any atom is 0.257 e. The summed E-state index contributed by atoms with van der Waals surface area (Å²) in [5.41, 5.74) is 3.44. The maximum atomic E-state index is 11.7. The molecule has 0 spiro atoms. The Morgan fingerprint density at radius 2 is 1.92 bits per heavy atom. The highest BCUT2D eigenvalue weighted by Gasteiger charge is 2.06. The lowest BCUT2D eigenvalue weighted by Crippen LogP contribution is -2.18. The zero-order valence-electron chi connectivity index (χ0n) is 7.02. The topological polar surface area (TPSA) is 24.4 Å². The average molecular weight is 176 g/mol. The third-order valence-corrected chi connectivity index (χ3v) is 1.91. The van der Waals surface area contributed by atoms with Gasteiger partial charge >= 0.3 is 0 Å². The molecule has 0 amide bonds. The molecule has 1 N–H and O–H groups in total. The molecule has 0 saturated heterocycles. The first-order valence-corrected chi connectivity index (χ1v) is 4.35. The first-order valence-electron chi connectivity index (χ1n) is 4.35. The molecule has 2 nitrogen and oxygen atoms in total. The van der Waals surface area contributed by atoms with Crippen molar-refractivity contribution in [3.63, 3.8) is 0 Å². The first kappa shape index (κ1) is 9.42. The summed E-state index contributed by atoms with van der Waals surface area (Å²) in [6.45, 7) is -0.330. The Morgan fingerprint density at radius 1 is 1.25 bits per heavy atom. The van der Waals surface area contributed by atoms with Crippen LogP contribution in [0.5, 0.6) is 0 Å². The quantitative estimate of drug-likeness (QED) is 0.655. The molecule has 0 aromatic carbocycles. The predicted octanol–water partition coefficient (Wildman–Crippen LogP) is 2.16. The van der Waals surface area contributed by atoms with Crippen molar-refractivity contribution >= 4 is 5.71 Å². The van der Waals surface area contributed by atoms with Crippen LogP contribution in [0.1, 0.15) is 32.1 Å². The van der Waals surface area contributed by atoms with Gasteiger partial charge in [-0.1, -0.05) is 6.42 Å². The van der Waals surface area contributed by atoms with Gasteiger partial charge in [0.15, 0.2) is 0 Å². The van der Waals surface area contributed by atoms with Crippen molar-refractivity contribution in [2.75, 3.05) is 6.54 Å². The Labute approximate surface area is 71.0 Å². The van der Waals surface area contributed by atoms with Crippen molar-refractivity contribution in [1.82, 2.24) is 5.43 Å². The standard InChI is InChI=1S/C8H14F2N2/c9-8(10)6-11-12-7-4-2-1-3-5-7/h8,11H,1-6H2. The van der Waals surface area contributed by atoms with Gasteiger partial charge < -0.3 is 5.43 Å². The fraction of sp³-hybridized carbons (Fsp3) is 0.875. The van der Waals surface area contributed by atoms with Gasteiger partial charge in [-0.05, 0) is 25.7 Å². The van der Waals surface area contributed by atoms with Crippen LogP contribution in [0.4, 0.5) is 8.78 Å². The molecule has 0 radical (unpaired) electrons. The third kappa shape index (κ3) is 3.64. The molecule has 1 rings (SSSR count). The molecule has 0 aliphatic heterocycles. The first-order chi connectivity index (χ1) is 5.79. The van der Waals surface area contributed by atoms with E-state index in [4.69, 9.17) is 0 Å². The molecule has 0 aromatic heterocycles. The summed E-state index contributed by atoms with van der Waals surface area (Å²) in [4.78, 5) is 0. The molecule has 1 aliphatic carbocycles. The van der Waals surface area contributed by atoms with E-state index in [1.807, 2.05) is 0 Å². The third-order valence-electron chi connectivity index (χ3n) is 1.91. The van der Waals surface area contributed by atoms with Gasteiger partial charge in [0.2, 0.25) is 0 Å². The molecule has 1 aliphatic rings. The number of hydrogen-bond acceptors (Lipinski definition) is 2. The van der Waals surface area contributed by atoms with E-state index in [0.29, 0.717) is 0 Å². The van der Waals surface area contributed by atoms with Crippen LogP contribution in [-0.2, 0) is 0 Å². The lowest BCUT2D eigenvalue weighted by atomic mass is 9.99. The molecule has 4 heteroatoms. The minimum absolute atomic E-state index is 0.330. The van der Waals surface area contributed by atoms with E-state index in [-0.39, 0.29) is 6.54 Å². The van der Waals surface area contributed by atoms with E-state index in [0.717, 1.165) is 31.4 Å². The Morgan fingerprint density at radius 3 is 2.50 bits per heavy atom. The van der Waals surface area contributed by atoms with Gasteiger partial charge in [0.25, 0.3) is 6.43 Å². The predicted molar refractivity (Wildman–Crippen MR) is 44.5 cm³/mol. The Kier molecular flexibility index (Phi) is 3.97. The van der Waals surface area contributed by atoms with E-state index >= 15 is 0 Å². The molecule has 70 valence electrons. The fourth-order valence-corrected chi connectivity index (χ4v) is 1.30. The molecule has 0 bridgehead atoms. The van der Waals surface area contributed by atoms with E-state index in [2.05, 4.69) is 10.5 Å². The van der Waals surface area contributed by atoms with Crippen LogP contribution in [0.2, 0.25) is 0 Å². The minimum atomic E-state index is -2.31. The summed E-state index contributed by atoms with van der Waals surface area (Å²) in [5.74, 6) is 0. The highest BCUT2D eigenvalue weighted by atomic mass is 19.3. The SMILES string of the molecule is FC(F)CNN=C1CCCCC1. The van der Waals surface area contributed by atoms with Crippen molar-refractivity contribution in [3.8, 4) is 0 Å². The van der Waals surface area contributed by atoms with Crippen molar-refractivity contribution in [2.45, 2.75) is 38.5 Å². The van der Waals surface area contributed by atoms with Crippen LogP contribution >= 0.6 is 0 Å². The number of hydrazone groups is 1.